The Morgan fingerprint density at radius 3 is 2.47 bits per heavy atom. The highest BCUT2D eigenvalue weighted by atomic mass is 19.1. The minimum absolute atomic E-state index is 0.0397. The van der Waals surface area contributed by atoms with Crippen LogP contribution >= 0.6 is 0 Å². The van der Waals surface area contributed by atoms with E-state index in [1.165, 1.54) is 12.1 Å². The number of para-hydroxylation sites is 1. The summed E-state index contributed by atoms with van der Waals surface area (Å²) in [5.74, 6) is -1.28. The molecule has 98 valence electrons. The number of halogens is 2. The molecule has 0 radical (unpaired) electrons. The summed E-state index contributed by atoms with van der Waals surface area (Å²) in [5, 5.41) is 8.95. The standard InChI is InChI=1S/C15H13F2NO/c16-12-7-10(9-19)8-13(17)15(12)18-6-5-11-3-1-2-4-14(11)18/h1-4,7-8,19H,5-6,9H2. The maximum atomic E-state index is 14.1. The van der Waals surface area contributed by atoms with Crippen molar-refractivity contribution < 1.29 is 13.9 Å². The lowest BCUT2D eigenvalue weighted by Crippen LogP contribution is -2.17. The Morgan fingerprint density at radius 1 is 1.11 bits per heavy atom. The maximum absolute atomic E-state index is 14.1. The van der Waals surface area contributed by atoms with Gasteiger partial charge in [-0.05, 0) is 35.7 Å². The molecule has 0 aliphatic carbocycles. The summed E-state index contributed by atoms with van der Waals surface area (Å²) in [4.78, 5) is 1.65. The second-order valence-corrected chi connectivity index (χ2v) is 4.60. The zero-order valence-corrected chi connectivity index (χ0v) is 10.2. The molecule has 1 N–H and O–H groups in total. The van der Waals surface area contributed by atoms with E-state index in [2.05, 4.69) is 0 Å². The summed E-state index contributed by atoms with van der Waals surface area (Å²) in [7, 11) is 0. The van der Waals surface area contributed by atoms with Crippen molar-refractivity contribution in [3.63, 3.8) is 0 Å². The van der Waals surface area contributed by atoms with Crippen LogP contribution in [0.5, 0.6) is 0 Å². The molecule has 0 atom stereocenters. The molecular weight excluding hydrogens is 248 g/mol. The number of nitrogens with zero attached hydrogens (tertiary/aromatic N) is 1. The van der Waals surface area contributed by atoms with Gasteiger partial charge in [-0.15, -0.1) is 0 Å². The van der Waals surface area contributed by atoms with Crippen molar-refractivity contribution in [2.75, 3.05) is 11.4 Å². The summed E-state index contributed by atoms with van der Waals surface area (Å²) in [6.07, 6.45) is 0.775. The minimum atomic E-state index is -0.638. The van der Waals surface area contributed by atoms with Crippen LogP contribution in [0, 0.1) is 11.6 Å². The van der Waals surface area contributed by atoms with E-state index in [4.69, 9.17) is 5.11 Å². The summed E-state index contributed by atoms with van der Waals surface area (Å²) in [6.45, 7) is 0.191. The van der Waals surface area contributed by atoms with Crippen LogP contribution in [0.25, 0.3) is 0 Å². The third kappa shape index (κ3) is 1.98. The molecule has 0 fully saturated rings. The van der Waals surface area contributed by atoms with Crippen molar-refractivity contribution >= 4 is 11.4 Å². The Morgan fingerprint density at radius 2 is 1.79 bits per heavy atom. The number of fused-ring (bicyclic) bond motifs is 1. The Labute approximate surface area is 109 Å². The van der Waals surface area contributed by atoms with Crippen molar-refractivity contribution in [1.82, 2.24) is 0 Å². The van der Waals surface area contributed by atoms with Crippen LogP contribution < -0.4 is 4.90 Å². The molecule has 0 bridgehead atoms. The van der Waals surface area contributed by atoms with Crippen molar-refractivity contribution in [3.8, 4) is 0 Å². The van der Waals surface area contributed by atoms with E-state index in [0.29, 0.717) is 6.54 Å². The van der Waals surface area contributed by atoms with Crippen LogP contribution in [0.2, 0.25) is 0 Å². The highest BCUT2D eigenvalue weighted by molar-refractivity contribution is 5.70. The number of aliphatic hydroxyl groups excluding tert-OH is 1. The molecule has 0 saturated carbocycles. The van der Waals surface area contributed by atoms with Gasteiger partial charge in [0.1, 0.15) is 17.3 Å². The number of benzene rings is 2. The first-order chi connectivity index (χ1) is 9.20. The highest BCUT2D eigenvalue weighted by Crippen LogP contribution is 2.37. The van der Waals surface area contributed by atoms with Gasteiger partial charge in [0.05, 0.1) is 6.61 Å². The van der Waals surface area contributed by atoms with Gasteiger partial charge in [0.15, 0.2) is 0 Å². The van der Waals surface area contributed by atoms with Gasteiger partial charge in [0.25, 0.3) is 0 Å². The van der Waals surface area contributed by atoms with Gasteiger partial charge in [-0.25, -0.2) is 8.78 Å². The fourth-order valence-corrected chi connectivity index (χ4v) is 2.54. The lowest BCUT2D eigenvalue weighted by Gasteiger charge is -2.21. The first-order valence-electron chi connectivity index (χ1n) is 6.15. The largest absolute Gasteiger partial charge is 0.392 e. The molecule has 2 aromatic carbocycles. The molecule has 2 aromatic rings. The highest BCUT2D eigenvalue weighted by Gasteiger charge is 2.25. The lowest BCUT2D eigenvalue weighted by atomic mass is 10.1. The average molecular weight is 261 g/mol. The molecule has 0 amide bonds. The van der Waals surface area contributed by atoms with Gasteiger partial charge >= 0.3 is 0 Å². The minimum Gasteiger partial charge on any atom is -0.392 e. The molecule has 3 rings (SSSR count). The van der Waals surface area contributed by atoms with E-state index in [-0.39, 0.29) is 17.9 Å². The Bertz CT molecular complexity index is 604. The van der Waals surface area contributed by atoms with Crippen LogP contribution in [-0.4, -0.2) is 11.7 Å². The summed E-state index contributed by atoms with van der Waals surface area (Å²) >= 11 is 0. The predicted molar refractivity (Wildman–Crippen MR) is 69.4 cm³/mol. The number of rotatable bonds is 2. The second kappa shape index (κ2) is 4.63. The van der Waals surface area contributed by atoms with Gasteiger partial charge < -0.3 is 10.0 Å². The number of anilines is 2. The van der Waals surface area contributed by atoms with E-state index in [1.54, 1.807) is 4.90 Å². The second-order valence-electron chi connectivity index (χ2n) is 4.60. The normalized spacial score (nSPS) is 13.7. The summed E-state index contributed by atoms with van der Waals surface area (Å²) < 4.78 is 28.1. The molecule has 2 nitrogen and oxygen atoms in total. The Balaban J connectivity index is 2.10. The van der Waals surface area contributed by atoms with Crippen LogP contribution in [0.4, 0.5) is 20.2 Å². The summed E-state index contributed by atoms with van der Waals surface area (Å²) in [5.41, 5.74) is 2.14. The van der Waals surface area contributed by atoms with E-state index in [9.17, 15) is 8.78 Å². The number of hydrogen-bond donors (Lipinski definition) is 1. The summed E-state index contributed by atoms with van der Waals surface area (Å²) in [6, 6.07) is 9.96. The third-order valence-corrected chi connectivity index (χ3v) is 3.42. The van der Waals surface area contributed by atoms with Crippen LogP contribution in [0.3, 0.4) is 0 Å². The zero-order chi connectivity index (χ0) is 13.4. The molecular formula is C15H13F2NO. The molecule has 0 saturated heterocycles. The van der Waals surface area contributed by atoms with E-state index >= 15 is 0 Å². The molecule has 1 aliphatic heterocycles. The van der Waals surface area contributed by atoms with E-state index < -0.39 is 11.6 Å². The first kappa shape index (κ1) is 12.1. The lowest BCUT2D eigenvalue weighted by molar-refractivity contribution is 0.280. The van der Waals surface area contributed by atoms with Gasteiger partial charge in [0.2, 0.25) is 0 Å². The molecule has 19 heavy (non-hydrogen) atoms. The molecule has 0 aromatic heterocycles. The molecule has 1 aliphatic rings. The maximum Gasteiger partial charge on any atom is 0.150 e. The molecule has 4 heteroatoms. The van der Waals surface area contributed by atoms with Gasteiger partial charge in [-0.2, -0.15) is 0 Å². The van der Waals surface area contributed by atoms with Crippen LogP contribution in [0.15, 0.2) is 36.4 Å². The van der Waals surface area contributed by atoms with Crippen molar-refractivity contribution in [2.24, 2.45) is 0 Å². The zero-order valence-electron chi connectivity index (χ0n) is 10.2. The monoisotopic (exact) mass is 261 g/mol. The van der Waals surface area contributed by atoms with E-state index in [1.807, 2.05) is 24.3 Å². The molecule has 1 heterocycles. The number of aliphatic hydroxyl groups is 1. The number of hydrogen-bond acceptors (Lipinski definition) is 2. The van der Waals surface area contributed by atoms with Crippen molar-refractivity contribution in [2.45, 2.75) is 13.0 Å². The smallest absolute Gasteiger partial charge is 0.150 e. The fraction of sp³-hybridized carbons (Fsp3) is 0.200. The first-order valence-corrected chi connectivity index (χ1v) is 6.15. The SMILES string of the molecule is OCc1cc(F)c(N2CCc3ccccc32)c(F)c1. The fourth-order valence-electron chi connectivity index (χ4n) is 2.54. The molecule has 0 spiro atoms. The van der Waals surface area contributed by atoms with Crippen molar-refractivity contribution in [1.29, 1.82) is 0 Å². The Kier molecular flexibility index (Phi) is 2.95. The third-order valence-electron chi connectivity index (χ3n) is 3.42. The van der Waals surface area contributed by atoms with Crippen LogP contribution in [0.1, 0.15) is 11.1 Å². The van der Waals surface area contributed by atoms with Crippen molar-refractivity contribution in [3.05, 3.63) is 59.2 Å². The topological polar surface area (TPSA) is 23.5 Å². The van der Waals surface area contributed by atoms with Gasteiger partial charge in [-0.3, -0.25) is 0 Å². The van der Waals surface area contributed by atoms with E-state index in [0.717, 1.165) is 17.7 Å². The Hall–Kier alpha value is -1.94. The predicted octanol–water partition coefficient (Wildman–Crippen LogP) is 3.15. The van der Waals surface area contributed by atoms with Gasteiger partial charge in [-0.1, -0.05) is 18.2 Å². The quantitative estimate of drug-likeness (QED) is 0.897. The molecule has 0 unspecified atom stereocenters. The van der Waals surface area contributed by atoms with Gasteiger partial charge in [0, 0.05) is 12.2 Å². The van der Waals surface area contributed by atoms with Crippen LogP contribution in [-0.2, 0) is 13.0 Å². The average Bonchev–Trinajstić information content (AvgIpc) is 2.82.